The van der Waals surface area contributed by atoms with Gasteiger partial charge in [0.05, 0.1) is 11.2 Å². The van der Waals surface area contributed by atoms with Crippen LogP contribution in [0.15, 0.2) is 47.9 Å². The minimum Gasteiger partial charge on any atom is -0.352 e. The van der Waals surface area contributed by atoms with E-state index in [1.807, 2.05) is 4.57 Å². The van der Waals surface area contributed by atoms with Crippen molar-refractivity contribution in [3.8, 4) is 0 Å². The number of carbonyl (C=O) groups is 1. The van der Waals surface area contributed by atoms with Gasteiger partial charge in [-0.05, 0) is 17.7 Å². The van der Waals surface area contributed by atoms with Crippen molar-refractivity contribution in [2.45, 2.75) is 24.4 Å². The highest BCUT2D eigenvalue weighted by Gasteiger charge is 2.07. The Morgan fingerprint density at radius 2 is 2.00 bits per heavy atom. The molecule has 2 aromatic rings. The summed E-state index contributed by atoms with van der Waals surface area (Å²) in [6.45, 7) is 0.907. The van der Waals surface area contributed by atoms with Gasteiger partial charge in [-0.15, -0.1) is 0 Å². The zero-order valence-corrected chi connectivity index (χ0v) is 12.1. The number of nitrogens with zero attached hydrogens (tertiary/aromatic N) is 2. The van der Waals surface area contributed by atoms with E-state index in [4.69, 9.17) is 5.14 Å². The van der Waals surface area contributed by atoms with E-state index in [0.717, 1.165) is 5.56 Å². The van der Waals surface area contributed by atoms with Gasteiger partial charge in [-0.3, -0.25) is 4.79 Å². The molecule has 0 bridgehead atoms. The summed E-state index contributed by atoms with van der Waals surface area (Å²) in [7, 11) is -3.68. The van der Waals surface area contributed by atoms with E-state index in [1.165, 1.54) is 12.1 Å². The third-order valence-corrected chi connectivity index (χ3v) is 3.83. The highest BCUT2D eigenvalue weighted by atomic mass is 32.2. The molecule has 0 fully saturated rings. The topological polar surface area (TPSA) is 107 Å². The average Bonchev–Trinajstić information content (AvgIpc) is 2.95. The number of amides is 1. The normalized spacial score (nSPS) is 11.3. The van der Waals surface area contributed by atoms with Crippen molar-refractivity contribution in [2.75, 3.05) is 0 Å². The van der Waals surface area contributed by atoms with Gasteiger partial charge in [0.2, 0.25) is 15.9 Å². The fraction of sp³-hybridized carbons (Fsp3) is 0.231. The van der Waals surface area contributed by atoms with Crippen molar-refractivity contribution < 1.29 is 13.2 Å². The maximum absolute atomic E-state index is 11.7. The first-order valence-electron chi connectivity index (χ1n) is 6.29. The average molecular weight is 308 g/mol. The molecule has 1 amide bonds. The van der Waals surface area contributed by atoms with Gasteiger partial charge >= 0.3 is 0 Å². The standard InChI is InChI=1S/C13H16N4O3S/c14-21(19,20)12-3-1-11(2-4-12)9-16-13(18)5-7-17-8-6-15-10-17/h1-4,6,8,10H,5,7,9H2,(H,16,18)(H2,14,19,20). The summed E-state index contributed by atoms with van der Waals surface area (Å²) in [4.78, 5) is 15.6. The lowest BCUT2D eigenvalue weighted by Gasteiger charge is -2.06. The smallest absolute Gasteiger partial charge is 0.238 e. The third-order valence-electron chi connectivity index (χ3n) is 2.90. The lowest BCUT2D eigenvalue weighted by Crippen LogP contribution is -2.23. The molecule has 2 rings (SSSR count). The number of benzene rings is 1. The number of hydrogen-bond donors (Lipinski definition) is 2. The lowest BCUT2D eigenvalue weighted by molar-refractivity contribution is -0.121. The minimum absolute atomic E-state index is 0.0534. The molecule has 0 aliphatic heterocycles. The Bertz CT molecular complexity index is 694. The molecule has 21 heavy (non-hydrogen) atoms. The highest BCUT2D eigenvalue weighted by molar-refractivity contribution is 7.89. The molecule has 0 atom stereocenters. The molecule has 3 N–H and O–H groups in total. The fourth-order valence-electron chi connectivity index (χ4n) is 1.74. The zero-order valence-electron chi connectivity index (χ0n) is 11.3. The number of nitrogens with one attached hydrogen (secondary N) is 1. The van der Waals surface area contributed by atoms with Crippen LogP contribution in [0, 0.1) is 0 Å². The lowest BCUT2D eigenvalue weighted by atomic mass is 10.2. The van der Waals surface area contributed by atoms with Crippen LogP contribution in [0.1, 0.15) is 12.0 Å². The van der Waals surface area contributed by atoms with Crippen LogP contribution in [0.5, 0.6) is 0 Å². The molecule has 112 valence electrons. The molecule has 8 heteroatoms. The molecular formula is C13H16N4O3S. The van der Waals surface area contributed by atoms with Gasteiger partial charge in [-0.25, -0.2) is 18.5 Å². The monoisotopic (exact) mass is 308 g/mol. The third kappa shape index (κ3) is 4.69. The summed E-state index contributed by atoms with van der Waals surface area (Å²) >= 11 is 0. The Kier molecular flexibility index (Phi) is 4.71. The number of sulfonamides is 1. The number of imidazole rings is 1. The minimum atomic E-state index is -3.68. The summed E-state index contributed by atoms with van der Waals surface area (Å²) in [6, 6.07) is 6.08. The van der Waals surface area contributed by atoms with Gasteiger partial charge < -0.3 is 9.88 Å². The second kappa shape index (κ2) is 6.51. The SMILES string of the molecule is NS(=O)(=O)c1ccc(CNC(=O)CCn2ccnc2)cc1. The summed E-state index contributed by atoms with van der Waals surface area (Å²) in [5, 5.41) is 7.78. The molecule has 0 saturated heterocycles. The van der Waals surface area contributed by atoms with Crippen LogP contribution in [0.2, 0.25) is 0 Å². The van der Waals surface area contributed by atoms with Crippen LogP contribution in [-0.2, 0) is 27.9 Å². The van der Waals surface area contributed by atoms with Crippen molar-refractivity contribution in [2.24, 2.45) is 5.14 Å². The Hall–Kier alpha value is -2.19. The van der Waals surface area contributed by atoms with Crippen LogP contribution in [0.4, 0.5) is 0 Å². The van der Waals surface area contributed by atoms with Crippen LogP contribution in [0.25, 0.3) is 0 Å². The van der Waals surface area contributed by atoms with E-state index in [2.05, 4.69) is 10.3 Å². The molecule has 0 radical (unpaired) electrons. The Morgan fingerprint density at radius 3 is 2.57 bits per heavy atom. The number of aromatic nitrogens is 2. The van der Waals surface area contributed by atoms with E-state index in [9.17, 15) is 13.2 Å². The van der Waals surface area contributed by atoms with Gasteiger partial charge in [-0.2, -0.15) is 0 Å². The Labute approximate surface area is 122 Å². The first kappa shape index (κ1) is 15.2. The number of carbonyl (C=O) groups excluding carboxylic acids is 1. The molecule has 0 unspecified atom stereocenters. The van der Waals surface area contributed by atoms with Gasteiger partial charge in [0.15, 0.2) is 0 Å². The number of nitrogens with two attached hydrogens (primary N) is 1. The predicted octanol–water partition coefficient (Wildman–Crippen LogP) is 0.237. The van der Waals surface area contributed by atoms with Gasteiger partial charge in [0.1, 0.15) is 0 Å². The van der Waals surface area contributed by atoms with Crippen LogP contribution in [0.3, 0.4) is 0 Å². The van der Waals surface area contributed by atoms with Crippen molar-refractivity contribution in [3.63, 3.8) is 0 Å². The van der Waals surface area contributed by atoms with Crippen LogP contribution >= 0.6 is 0 Å². The van der Waals surface area contributed by atoms with Gasteiger partial charge in [0.25, 0.3) is 0 Å². The van der Waals surface area contributed by atoms with Crippen molar-refractivity contribution in [1.82, 2.24) is 14.9 Å². The number of aryl methyl sites for hydroxylation is 1. The number of rotatable bonds is 6. The van der Waals surface area contributed by atoms with E-state index in [0.29, 0.717) is 19.5 Å². The quantitative estimate of drug-likeness (QED) is 0.797. The molecule has 1 heterocycles. The van der Waals surface area contributed by atoms with Crippen LogP contribution < -0.4 is 10.5 Å². The number of primary sulfonamides is 1. The van der Waals surface area contributed by atoms with E-state index >= 15 is 0 Å². The van der Waals surface area contributed by atoms with Gasteiger partial charge in [-0.1, -0.05) is 12.1 Å². The predicted molar refractivity (Wildman–Crippen MR) is 76.5 cm³/mol. The summed E-state index contributed by atoms with van der Waals surface area (Å²) < 4.78 is 24.0. The second-order valence-corrected chi connectivity index (χ2v) is 6.08. The maximum atomic E-state index is 11.7. The maximum Gasteiger partial charge on any atom is 0.238 e. The molecule has 0 aliphatic carbocycles. The summed E-state index contributed by atoms with van der Waals surface area (Å²) in [5.41, 5.74) is 0.804. The number of hydrogen-bond acceptors (Lipinski definition) is 4. The highest BCUT2D eigenvalue weighted by Crippen LogP contribution is 2.08. The molecule has 0 spiro atoms. The zero-order chi connectivity index (χ0) is 15.3. The Balaban J connectivity index is 1.81. The summed E-state index contributed by atoms with van der Waals surface area (Å²) in [6.07, 6.45) is 5.45. The molecule has 1 aromatic heterocycles. The van der Waals surface area contributed by atoms with E-state index in [-0.39, 0.29) is 10.8 Å². The fourth-order valence-corrected chi connectivity index (χ4v) is 2.25. The molecule has 1 aromatic carbocycles. The molecule has 0 saturated carbocycles. The van der Waals surface area contributed by atoms with E-state index < -0.39 is 10.0 Å². The largest absolute Gasteiger partial charge is 0.352 e. The molecule has 0 aliphatic rings. The molecular weight excluding hydrogens is 292 g/mol. The Morgan fingerprint density at radius 1 is 1.29 bits per heavy atom. The summed E-state index contributed by atoms with van der Waals surface area (Å²) in [5.74, 6) is -0.0841. The first-order chi connectivity index (χ1) is 9.95. The van der Waals surface area contributed by atoms with Crippen LogP contribution in [-0.4, -0.2) is 23.9 Å². The molecule has 7 nitrogen and oxygen atoms in total. The van der Waals surface area contributed by atoms with E-state index in [1.54, 1.807) is 30.9 Å². The van der Waals surface area contributed by atoms with Crippen molar-refractivity contribution in [1.29, 1.82) is 0 Å². The van der Waals surface area contributed by atoms with Crippen molar-refractivity contribution >= 4 is 15.9 Å². The first-order valence-corrected chi connectivity index (χ1v) is 7.84. The van der Waals surface area contributed by atoms with Crippen molar-refractivity contribution in [3.05, 3.63) is 48.5 Å². The second-order valence-electron chi connectivity index (χ2n) is 4.52. The van der Waals surface area contributed by atoms with Gasteiger partial charge in [0, 0.05) is 31.9 Å².